The largest absolute Gasteiger partial charge is 0.418 e. The molecule has 1 aliphatic rings. The summed E-state index contributed by atoms with van der Waals surface area (Å²) < 4.78 is 39.2. The van der Waals surface area contributed by atoms with E-state index in [0.717, 1.165) is 6.07 Å². The van der Waals surface area contributed by atoms with Crippen LogP contribution in [-0.4, -0.2) is 33.1 Å². The maximum atomic E-state index is 13.1. The number of hydrogen-bond donors (Lipinski definition) is 1. The molecule has 0 unspecified atom stereocenters. The van der Waals surface area contributed by atoms with E-state index in [0.29, 0.717) is 11.4 Å². The van der Waals surface area contributed by atoms with E-state index in [9.17, 15) is 18.0 Å². The van der Waals surface area contributed by atoms with Crippen molar-refractivity contribution in [2.24, 2.45) is 0 Å². The van der Waals surface area contributed by atoms with Crippen molar-refractivity contribution in [3.63, 3.8) is 0 Å². The third kappa shape index (κ3) is 2.80. The maximum absolute atomic E-state index is 13.1. The minimum atomic E-state index is -4.49. The van der Waals surface area contributed by atoms with Gasteiger partial charge < -0.3 is 4.90 Å². The SMILES string of the molecule is O=C1[C@H](Sc2cn[nH]n2)CCN1c1ccccc1C(F)(F)F. The number of thioether (sulfide) groups is 1. The van der Waals surface area contributed by atoms with Crippen molar-refractivity contribution >= 4 is 23.4 Å². The van der Waals surface area contributed by atoms with Gasteiger partial charge in [-0.1, -0.05) is 23.9 Å². The topological polar surface area (TPSA) is 61.9 Å². The van der Waals surface area contributed by atoms with Crippen molar-refractivity contribution in [2.75, 3.05) is 11.4 Å². The number of halogens is 3. The number of rotatable bonds is 3. The first-order valence-corrected chi connectivity index (χ1v) is 7.35. The van der Waals surface area contributed by atoms with Gasteiger partial charge >= 0.3 is 6.18 Å². The Hall–Kier alpha value is -2.03. The highest BCUT2D eigenvalue weighted by atomic mass is 32.2. The first-order chi connectivity index (χ1) is 10.5. The van der Waals surface area contributed by atoms with Crippen LogP contribution >= 0.6 is 11.8 Å². The Labute approximate surface area is 127 Å². The summed E-state index contributed by atoms with van der Waals surface area (Å²) in [6, 6.07) is 5.12. The van der Waals surface area contributed by atoms with Crippen LogP contribution in [0.25, 0.3) is 0 Å². The normalized spacial score (nSPS) is 19.0. The van der Waals surface area contributed by atoms with E-state index in [1.165, 1.54) is 41.1 Å². The van der Waals surface area contributed by atoms with Gasteiger partial charge in [0.25, 0.3) is 0 Å². The summed E-state index contributed by atoms with van der Waals surface area (Å²) in [5.41, 5.74) is -0.890. The lowest BCUT2D eigenvalue weighted by molar-refractivity contribution is -0.137. The van der Waals surface area contributed by atoms with Crippen molar-refractivity contribution in [3.05, 3.63) is 36.0 Å². The molecular weight excluding hydrogens is 317 g/mol. The van der Waals surface area contributed by atoms with E-state index in [1.807, 2.05) is 0 Å². The quantitative estimate of drug-likeness (QED) is 0.941. The Bertz CT molecular complexity index is 674. The summed E-state index contributed by atoms with van der Waals surface area (Å²) in [5.74, 6) is -0.343. The molecule has 0 aliphatic carbocycles. The van der Waals surface area contributed by atoms with Crippen molar-refractivity contribution in [1.82, 2.24) is 15.4 Å². The molecule has 9 heteroatoms. The number of para-hydroxylation sites is 1. The summed E-state index contributed by atoms with van der Waals surface area (Å²) >= 11 is 1.20. The van der Waals surface area contributed by atoms with E-state index in [1.54, 1.807) is 0 Å². The second-order valence-electron chi connectivity index (χ2n) is 4.71. The van der Waals surface area contributed by atoms with Gasteiger partial charge in [0.15, 0.2) is 0 Å². The maximum Gasteiger partial charge on any atom is 0.418 e. The molecule has 22 heavy (non-hydrogen) atoms. The molecule has 0 saturated carbocycles. The molecule has 116 valence electrons. The summed E-state index contributed by atoms with van der Waals surface area (Å²) in [6.45, 7) is 0.251. The number of benzene rings is 1. The Kier molecular flexibility index (Phi) is 3.81. The first-order valence-electron chi connectivity index (χ1n) is 6.47. The summed E-state index contributed by atoms with van der Waals surface area (Å²) in [7, 11) is 0. The fraction of sp³-hybridized carbons (Fsp3) is 0.308. The highest BCUT2D eigenvalue weighted by Gasteiger charge is 2.40. The lowest BCUT2D eigenvalue weighted by atomic mass is 10.1. The number of amides is 1. The predicted octanol–water partition coefficient (Wildman–Crippen LogP) is 2.72. The number of hydrogen-bond acceptors (Lipinski definition) is 4. The van der Waals surface area contributed by atoms with Gasteiger partial charge in [-0.3, -0.25) is 4.79 Å². The number of alkyl halides is 3. The molecule has 1 amide bonds. The zero-order valence-electron chi connectivity index (χ0n) is 11.2. The van der Waals surface area contributed by atoms with Crippen LogP contribution in [0.5, 0.6) is 0 Å². The zero-order valence-corrected chi connectivity index (χ0v) is 12.0. The monoisotopic (exact) mass is 328 g/mol. The number of H-pyrrole nitrogens is 1. The van der Waals surface area contributed by atoms with E-state index >= 15 is 0 Å². The molecule has 2 heterocycles. The van der Waals surface area contributed by atoms with Crippen LogP contribution in [0.15, 0.2) is 35.5 Å². The highest BCUT2D eigenvalue weighted by molar-refractivity contribution is 8.00. The molecule has 1 aromatic heterocycles. The van der Waals surface area contributed by atoms with Crippen LogP contribution < -0.4 is 4.90 Å². The molecule has 1 aromatic carbocycles. The van der Waals surface area contributed by atoms with Crippen LogP contribution in [0.3, 0.4) is 0 Å². The molecule has 5 nitrogen and oxygen atoms in total. The summed E-state index contributed by atoms with van der Waals surface area (Å²) in [5, 5.41) is 10.0. The number of nitrogens with one attached hydrogen (secondary N) is 1. The van der Waals surface area contributed by atoms with Gasteiger partial charge in [0.05, 0.1) is 22.7 Å². The molecule has 1 saturated heterocycles. The van der Waals surface area contributed by atoms with E-state index in [-0.39, 0.29) is 18.1 Å². The molecular formula is C13H11F3N4OS. The summed E-state index contributed by atoms with van der Waals surface area (Å²) in [4.78, 5) is 13.6. The lowest BCUT2D eigenvalue weighted by Gasteiger charge is -2.21. The Morgan fingerprint density at radius 3 is 2.77 bits per heavy atom. The minimum Gasteiger partial charge on any atom is -0.311 e. The van der Waals surface area contributed by atoms with Gasteiger partial charge in [0.2, 0.25) is 5.91 Å². The van der Waals surface area contributed by atoms with Crippen LogP contribution in [0, 0.1) is 0 Å². The van der Waals surface area contributed by atoms with Gasteiger partial charge in [-0.25, -0.2) is 0 Å². The molecule has 3 rings (SSSR count). The first kappa shape index (κ1) is 14.9. The van der Waals surface area contributed by atoms with Gasteiger partial charge in [-0.15, -0.1) is 5.10 Å². The molecule has 1 aliphatic heterocycles. The van der Waals surface area contributed by atoms with E-state index in [4.69, 9.17) is 0 Å². The fourth-order valence-electron chi connectivity index (χ4n) is 2.34. The highest BCUT2D eigenvalue weighted by Crippen LogP contribution is 2.39. The average molecular weight is 328 g/mol. The molecule has 1 N–H and O–H groups in total. The smallest absolute Gasteiger partial charge is 0.311 e. The van der Waals surface area contributed by atoms with Crippen molar-refractivity contribution in [1.29, 1.82) is 0 Å². The number of nitrogens with zero attached hydrogens (tertiary/aromatic N) is 3. The Morgan fingerprint density at radius 1 is 1.32 bits per heavy atom. The van der Waals surface area contributed by atoms with Crippen LogP contribution in [0.1, 0.15) is 12.0 Å². The van der Waals surface area contributed by atoms with Crippen molar-refractivity contribution in [2.45, 2.75) is 22.9 Å². The van der Waals surface area contributed by atoms with Crippen molar-refractivity contribution in [3.8, 4) is 0 Å². The van der Waals surface area contributed by atoms with Gasteiger partial charge in [-0.05, 0) is 18.6 Å². The fourth-order valence-corrected chi connectivity index (χ4v) is 3.29. The average Bonchev–Trinajstić information content (AvgIpc) is 3.10. The zero-order chi connectivity index (χ0) is 15.7. The molecule has 1 fully saturated rings. The molecule has 0 bridgehead atoms. The van der Waals surface area contributed by atoms with Crippen molar-refractivity contribution < 1.29 is 18.0 Å². The second-order valence-corrected chi connectivity index (χ2v) is 5.93. The number of aromatic nitrogens is 3. The minimum absolute atomic E-state index is 0.0942. The standard InChI is InChI=1S/C13H11F3N4OS/c14-13(15,16)8-3-1-2-4-9(8)20-6-5-10(12(20)21)22-11-7-17-19-18-11/h1-4,7,10H,5-6H2,(H,17,18,19)/t10-/m1/s1. The number of aromatic amines is 1. The molecule has 1 atom stereocenters. The third-order valence-corrected chi connectivity index (χ3v) is 4.47. The molecule has 0 radical (unpaired) electrons. The van der Waals surface area contributed by atoms with Gasteiger partial charge in [0.1, 0.15) is 5.03 Å². The number of anilines is 1. The van der Waals surface area contributed by atoms with Gasteiger partial charge in [0, 0.05) is 6.54 Å². The predicted molar refractivity (Wildman–Crippen MR) is 74.4 cm³/mol. The second kappa shape index (κ2) is 5.64. The molecule has 2 aromatic rings. The van der Waals surface area contributed by atoms with Crippen LogP contribution in [0.2, 0.25) is 0 Å². The number of carbonyl (C=O) groups excluding carboxylic acids is 1. The lowest BCUT2D eigenvalue weighted by Crippen LogP contribution is -2.30. The number of carbonyl (C=O) groups is 1. The third-order valence-electron chi connectivity index (χ3n) is 3.31. The van der Waals surface area contributed by atoms with Crippen LogP contribution in [-0.2, 0) is 11.0 Å². The molecule has 0 spiro atoms. The Morgan fingerprint density at radius 2 is 2.09 bits per heavy atom. The van der Waals surface area contributed by atoms with Crippen LogP contribution in [0.4, 0.5) is 18.9 Å². The van der Waals surface area contributed by atoms with Gasteiger partial charge in [-0.2, -0.15) is 23.5 Å². The summed E-state index contributed by atoms with van der Waals surface area (Å²) in [6.07, 6.45) is -2.55. The van der Waals surface area contributed by atoms with E-state index in [2.05, 4.69) is 15.4 Å². The Balaban J connectivity index is 1.84. The van der Waals surface area contributed by atoms with E-state index < -0.39 is 17.0 Å².